The van der Waals surface area contributed by atoms with Crippen LogP contribution in [-0.2, 0) is 6.54 Å². The molecule has 0 spiro atoms. The van der Waals surface area contributed by atoms with Crippen molar-refractivity contribution in [2.45, 2.75) is 52.6 Å². The van der Waals surface area contributed by atoms with E-state index in [4.69, 9.17) is 0 Å². The summed E-state index contributed by atoms with van der Waals surface area (Å²) in [5.41, 5.74) is 3.97. The van der Waals surface area contributed by atoms with Crippen molar-refractivity contribution in [2.75, 3.05) is 6.54 Å². The molecular formula is C19H24BrN3O. The molecule has 0 N–H and O–H groups in total. The molecule has 5 heteroatoms. The number of nitrogens with zero attached hydrogens (tertiary/aromatic N) is 3. The van der Waals surface area contributed by atoms with E-state index in [2.05, 4.69) is 40.9 Å². The van der Waals surface area contributed by atoms with Gasteiger partial charge in [-0.2, -0.15) is 5.10 Å². The van der Waals surface area contributed by atoms with Gasteiger partial charge >= 0.3 is 0 Å². The van der Waals surface area contributed by atoms with E-state index in [0.29, 0.717) is 12.6 Å². The van der Waals surface area contributed by atoms with E-state index in [9.17, 15) is 4.79 Å². The Bertz CT molecular complexity index is 753. The van der Waals surface area contributed by atoms with Gasteiger partial charge in [0.2, 0.25) is 0 Å². The third kappa shape index (κ3) is 3.41. The molecule has 2 aromatic rings. The maximum Gasteiger partial charge on any atom is 0.254 e. The number of hydrogen-bond donors (Lipinski definition) is 0. The third-order valence-electron chi connectivity index (χ3n) is 4.86. The van der Waals surface area contributed by atoms with E-state index in [0.717, 1.165) is 46.4 Å². The molecule has 1 fully saturated rings. The van der Waals surface area contributed by atoms with Crippen molar-refractivity contribution in [1.29, 1.82) is 0 Å². The predicted octanol–water partition coefficient (Wildman–Crippen LogP) is 4.33. The summed E-state index contributed by atoms with van der Waals surface area (Å²) < 4.78 is 3.03. The molecule has 3 rings (SSSR count). The molecule has 4 nitrogen and oxygen atoms in total. The van der Waals surface area contributed by atoms with Crippen molar-refractivity contribution in [3.63, 3.8) is 0 Å². The van der Waals surface area contributed by atoms with E-state index in [-0.39, 0.29) is 5.91 Å². The number of carbonyl (C=O) groups is 1. The summed E-state index contributed by atoms with van der Waals surface area (Å²) in [6.45, 7) is 7.73. The molecular weight excluding hydrogens is 366 g/mol. The van der Waals surface area contributed by atoms with E-state index < -0.39 is 0 Å². The Kier molecular flexibility index (Phi) is 5.09. The fraction of sp³-hybridized carbons (Fsp3) is 0.474. The second-order valence-corrected chi connectivity index (χ2v) is 7.48. The minimum atomic E-state index is 0.151. The molecule has 0 radical (unpaired) electrons. The number of likely N-dealkylation sites (tertiary alicyclic amines) is 1. The summed E-state index contributed by atoms with van der Waals surface area (Å²) in [5.74, 6) is 0.151. The summed E-state index contributed by atoms with van der Waals surface area (Å²) in [5, 5.41) is 4.56. The normalized spacial score (nSPS) is 18.0. The Balaban J connectivity index is 1.81. The van der Waals surface area contributed by atoms with Gasteiger partial charge in [0.05, 0.1) is 22.4 Å². The molecule has 1 saturated heterocycles. The third-order valence-corrected chi connectivity index (χ3v) is 6.01. The van der Waals surface area contributed by atoms with Gasteiger partial charge in [0.15, 0.2) is 0 Å². The zero-order valence-electron chi connectivity index (χ0n) is 14.6. The summed E-state index contributed by atoms with van der Waals surface area (Å²) in [7, 11) is 0. The number of aromatic nitrogens is 2. The summed E-state index contributed by atoms with van der Waals surface area (Å²) in [6, 6.07) is 8.29. The minimum absolute atomic E-state index is 0.151. The van der Waals surface area contributed by atoms with Crippen LogP contribution in [0.25, 0.3) is 0 Å². The van der Waals surface area contributed by atoms with E-state index in [1.165, 1.54) is 6.42 Å². The molecule has 0 saturated carbocycles. The van der Waals surface area contributed by atoms with Gasteiger partial charge in [-0.3, -0.25) is 9.48 Å². The summed E-state index contributed by atoms with van der Waals surface area (Å²) >= 11 is 3.57. The highest BCUT2D eigenvalue weighted by Crippen LogP contribution is 2.22. The lowest BCUT2D eigenvalue weighted by Crippen LogP contribution is -2.42. The number of benzene rings is 1. The van der Waals surface area contributed by atoms with Gasteiger partial charge in [0.1, 0.15) is 0 Å². The highest BCUT2D eigenvalue weighted by atomic mass is 79.9. The van der Waals surface area contributed by atoms with E-state index in [1.807, 2.05) is 34.7 Å². The van der Waals surface area contributed by atoms with Gasteiger partial charge < -0.3 is 4.90 Å². The summed E-state index contributed by atoms with van der Waals surface area (Å²) in [4.78, 5) is 14.9. The number of amides is 1. The average Bonchev–Trinajstić information content (AvgIpc) is 2.82. The predicted molar refractivity (Wildman–Crippen MR) is 99.3 cm³/mol. The van der Waals surface area contributed by atoms with Crippen molar-refractivity contribution in [2.24, 2.45) is 0 Å². The Labute approximate surface area is 152 Å². The number of aryl methyl sites for hydroxylation is 1. The van der Waals surface area contributed by atoms with Crippen LogP contribution in [0, 0.1) is 13.8 Å². The lowest BCUT2D eigenvalue weighted by molar-refractivity contribution is 0.0635. The van der Waals surface area contributed by atoms with Crippen LogP contribution in [0.3, 0.4) is 0 Å². The van der Waals surface area contributed by atoms with E-state index in [1.54, 1.807) is 0 Å². The van der Waals surface area contributed by atoms with E-state index >= 15 is 0 Å². The standard InChI is InChI=1S/C19H24BrN3O/c1-13-7-4-5-10-22(13)19(24)17-9-6-8-16(11-17)12-23-15(3)18(20)14(2)21-23/h6,8-9,11,13H,4-5,7,10,12H2,1-3H3. The Hall–Kier alpha value is -1.62. The number of halogens is 1. The lowest BCUT2D eigenvalue weighted by Gasteiger charge is -2.33. The highest BCUT2D eigenvalue weighted by Gasteiger charge is 2.24. The molecule has 0 aliphatic carbocycles. The van der Waals surface area contributed by atoms with Crippen molar-refractivity contribution in [1.82, 2.24) is 14.7 Å². The largest absolute Gasteiger partial charge is 0.336 e. The number of rotatable bonds is 3. The Morgan fingerprint density at radius 1 is 1.33 bits per heavy atom. The van der Waals surface area contributed by atoms with Gasteiger partial charge in [-0.25, -0.2) is 0 Å². The molecule has 1 aromatic heterocycles. The molecule has 128 valence electrons. The minimum Gasteiger partial charge on any atom is -0.336 e. The second kappa shape index (κ2) is 7.09. The van der Waals surface area contributed by atoms with Crippen LogP contribution in [-0.4, -0.2) is 33.2 Å². The SMILES string of the molecule is Cc1nn(Cc2cccc(C(=O)N3CCCCC3C)c2)c(C)c1Br. The maximum absolute atomic E-state index is 12.8. The van der Waals surface area contributed by atoms with Gasteiger partial charge in [-0.15, -0.1) is 0 Å². The fourth-order valence-corrected chi connectivity index (χ4v) is 3.65. The molecule has 0 bridgehead atoms. The van der Waals surface area contributed by atoms with Crippen LogP contribution in [0.5, 0.6) is 0 Å². The molecule has 1 aliphatic heterocycles. The second-order valence-electron chi connectivity index (χ2n) is 6.69. The first kappa shape index (κ1) is 17.2. The quantitative estimate of drug-likeness (QED) is 0.783. The topological polar surface area (TPSA) is 38.1 Å². The molecule has 1 aromatic carbocycles. The Morgan fingerprint density at radius 3 is 2.79 bits per heavy atom. The van der Waals surface area contributed by atoms with Gasteiger partial charge in [-0.05, 0) is 73.7 Å². The zero-order chi connectivity index (χ0) is 17.3. The van der Waals surface area contributed by atoms with Crippen molar-refractivity contribution in [3.8, 4) is 0 Å². The van der Waals surface area contributed by atoms with Crippen LogP contribution < -0.4 is 0 Å². The van der Waals surface area contributed by atoms with Crippen molar-refractivity contribution >= 4 is 21.8 Å². The lowest BCUT2D eigenvalue weighted by atomic mass is 10.0. The van der Waals surface area contributed by atoms with Crippen LogP contribution in [0.4, 0.5) is 0 Å². The molecule has 1 amide bonds. The first-order chi connectivity index (χ1) is 11.5. The molecule has 24 heavy (non-hydrogen) atoms. The fourth-order valence-electron chi connectivity index (χ4n) is 3.37. The first-order valence-corrected chi connectivity index (χ1v) is 9.36. The average molecular weight is 390 g/mol. The van der Waals surface area contributed by atoms with Crippen molar-refractivity contribution in [3.05, 3.63) is 51.3 Å². The smallest absolute Gasteiger partial charge is 0.254 e. The van der Waals surface area contributed by atoms with Crippen LogP contribution >= 0.6 is 15.9 Å². The van der Waals surface area contributed by atoms with Gasteiger partial charge in [0, 0.05) is 18.2 Å². The first-order valence-electron chi connectivity index (χ1n) is 8.57. The van der Waals surface area contributed by atoms with Crippen LogP contribution in [0.2, 0.25) is 0 Å². The van der Waals surface area contributed by atoms with Gasteiger partial charge in [-0.1, -0.05) is 12.1 Å². The zero-order valence-corrected chi connectivity index (χ0v) is 16.1. The van der Waals surface area contributed by atoms with Crippen LogP contribution in [0.15, 0.2) is 28.7 Å². The molecule has 1 unspecified atom stereocenters. The number of hydrogen-bond acceptors (Lipinski definition) is 2. The molecule has 1 aliphatic rings. The summed E-state index contributed by atoms with van der Waals surface area (Å²) in [6.07, 6.45) is 3.43. The maximum atomic E-state index is 12.8. The molecule has 2 heterocycles. The highest BCUT2D eigenvalue weighted by molar-refractivity contribution is 9.10. The number of piperidine rings is 1. The number of carbonyl (C=O) groups excluding carboxylic acids is 1. The Morgan fingerprint density at radius 2 is 2.12 bits per heavy atom. The van der Waals surface area contributed by atoms with Gasteiger partial charge in [0.25, 0.3) is 5.91 Å². The van der Waals surface area contributed by atoms with Crippen molar-refractivity contribution < 1.29 is 4.79 Å². The van der Waals surface area contributed by atoms with Crippen LogP contribution in [0.1, 0.15) is 53.5 Å². The monoisotopic (exact) mass is 389 g/mol. The molecule has 1 atom stereocenters.